The third-order valence-electron chi connectivity index (χ3n) is 3.53. The monoisotopic (exact) mass is 276 g/mol. The van der Waals surface area contributed by atoms with E-state index in [1.54, 1.807) is 13.8 Å². The second-order valence-electron chi connectivity index (χ2n) is 6.24. The molecule has 1 fully saturated rings. The summed E-state index contributed by atoms with van der Waals surface area (Å²) < 4.78 is 0. The summed E-state index contributed by atoms with van der Waals surface area (Å²) in [6.07, 6.45) is 1.92. The molecule has 1 atom stereocenters. The maximum atomic E-state index is 12.3. The fourth-order valence-electron chi connectivity index (χ4n) is 2.73. The van der Waals surface area contributed by atoms with Gasteiger partial charge in [0.25, 0.3) is 0 Å². The number of anilines is 1. The molecule has 1 amide bonds. The fraction of sp³-hybridized carbons (Fsp3) is 0.562. The molecule has 1 aromatic rings. The largest absolute Gasteiger partial charge is 0.389 e. The lowest BCUT2D eigenvalue weighted by Gasteiger charge is -2.35. The second kappa shape index (κ2) is 6.37. The molecule has 1 unspecified atom stereocenters. The van der Waals surface area contributed by atoms with E-state index in [4.69, 9.17) is 0 Å². The number of aliphatic hydroxyl groups is 1. The molecule has 1 aliphatic heterocycles. The van der Waals surface area contributed by atoms with Crippen LogP contribution in [0.1, 0.15) is 26.7 Å². The van der Waals surface area contributed by atoms with E-state index in [0.29, 0.717) is 6.54 Å². The quantitative estimate of drug-likeness (QED) is 0.885. The highest BCUT2D eigenvalue weighted by atomic mass is 16.3. The number of piperidine rings is 1. The molecule has 1 saturated heterocycles. The Morgan fingerprint density at radius 1 is 1.40 bits per heavy atom. The minimum Gasteiger partial charge on any atom is -0.389 e. The van der Waals surface area contributed by atoms with Crippen molar-refractivity contribution in [3.05, 3.63) is 30.3 Å². The Hall–Kier alpha value is -1.39. The van der Waals surface area contributed by atoms with Crippen molar-refractivity contribution in [2.24, 2.45) is 5.92 Å². The Morgan fingerprint density at radius 3 is 2.75 bits per heavy atom. The summed E-state index contributed by atoms with van der Waals surface area (Å²) in [6.45, 7) is 5.91. The molecule has 0 saturated carbocycles. The first kappa shape index (κ1) is 15.0. The lowest BCUT2D eigenvalue weighted by Crippen LogP contribution is -2.46. The van der Waals surface area contributed by atoms with Crippen molar-refractivity contribution in [2.75, 3.05) is 25.0 Å². The molecular weight excluding hydrogens is 252 g/mol. The third-order valence-corrected chi connectivity index (χ3v) is 3.53. The zero-order valence-corrected chi connectivity index (χ0v) is 12.3. The standard InChI is InChI=1S/C16H24N2O2/c1-16(2,20)12-18-10-6-7-13(11-18)15(19)17-14-8-4-3-5-9-14/h3-5,8-9,13,20H,6-7,10-12H2,1-2H3,(H,17,19). The summed E-state index contributed by atoms with van der Waals surface area (Å²) in [4.78, 5) is 14.5. The molecule has 0 aliphatic carbocycles. The number of hydrogen-bond donors (Lipinski definition) is 2. The van der Waals surface area contributed by atoms with Gasteiger partial charge >= 0.3 is 0 Å². The Morgan fingerprint density at radius 2 is 2.10 bits per heavy atom. The van der Waals surface area contributed by atoms with Gasteiger partial charge in [-0.05, 0) is 45.4 Å². The molecule has 0 spiro atoms. The van der Waals surface area contributed by atoms with Crippen LogP contribution in [0.4, 0.5) is 5.69 Å². The highest BCUT2D eigenvalue weighted by Crippen LogP contribution is 2.20. The molecule has 1 aromatic carbocycles. The van der Waals surface area contributed by atoms with Gasteiger partial charge in [-0.1, -0.05) is 18.2 Å². The van der Waals surface area contributed by atoms with Gasteiger partial charge in [0.2, 0.25) is 5.91 Å². The molecule has 0 aromatic heterocycles. The molecule has 1 heterocycles. The van der Waals surface area contributed by atoms with Gasteiger partial charge in [0.05, 0.1) is 11.5 Å². The van der Waals surface area contributed by atoms with E-state index in [1.807, 2.05) is 30.3 Å². The number of β-amino-alcohol motifs (C(OH)–C–C–N with tert-alkyl or cyclic N) is 1. The van der Waals surface area contributed by atoms with Crippen molar-refractivity contribution >= 4 is 11.6 Å². The number of carbonyl (C=O) groups is 1. The molecule has 2 N–H and O–H groups in total. The molecule has 20 heavy (non-hydrogen) atoms. The van der Waals surface area contributed by atoms with Crippen LogP contribution in [0.15, 0.2) is 30.3 Å². The second-order valence-corrected chi connectivity index (χ2v) is 6.24. The highest BCUT2D eigenvalue weighted by Gasteiger charge is 2.28. The first-order valence-electron chi connectivity index (χ1n) is 7.25. The van der Waals surface area contributed by atoms with Crippen LogP contribution in [0.2, 0.25) is 0 Å². The first-order valence-corrected chi connectivity index (χ1v) is 7.25. The zero-order valence-electron chi connectivity index (χ0n) is 12.3. The minimum atomic E-state index is -0.711. The van der Waals surface area contributed by atoms with Gasteiger partial charge in [-0.25, -0.2) is 0 Å². The maximum absolute atomic E-state index is 12.3. The third kappa shape index (κ3) is 4.62. The summed E-state index contributed by atoms with van der Waals surface area (Å²) >= 11 is 0. The van der Waals surface area contributed by atoms with Gasteiger partial charge in [0, 0.05) is 18.8 Å². The molecule has 0 bridgehead atoms. The lowest BCUT2D eigenvalue weighted by molar-refractivity contribution is -0.122. The minimum absolute atomic E-state index is 0.00584. The van der Waals surface area contributed by atoms with Crippen LogP contribution in [0.5, 0.6) is 0 Å². The lowest BCUT2D eigenvalue weighted by atomic mass is 9.95. The Kier molecular flexibility index (Phi) is 4.78. The summed E-state index contributed by atoms with van der Waals surface area (Å²) in [5.41, 5.74) is 0.134. The van der Waals surface area contributed by atoms with Crippen LogP contribution in [-0.2, 0) is 4.79 Å². The average Bonchev–Trinajstić information content (AvgIpc) is 2.38. The van der Waals surface area contributed by atoms with Gasteiger partial charge < -0.3 is 10.4 Å². The van der Waals surface area contributed by atoms with E-state index in [-0.39, 0.29) is 11.8 Å². The van der Waals surface area contributed by atoms with E-state index in [9.17, 15) is 9.90 Å². The SMILES string of the molecule is CC(C)(O)CN1CCCC(C(=O)Nc2ccccc2)C1. The number of nitrogens with zero attached hydrogens (tertiary/aromatic N) is 1. The van der Waals surface area contributed by atoms with E-state index in [0.717, 1.165) is 31.6 Å². The number of nitrogens with one attached hydrogen (secondary N) is 1. The average molecular weight is 276 g/mol. The molecular formula is C16H24N2O2. The molecule has 110 valence electrons. The van der Waals surface area contributed by atoms with Crippen molar-refractivity contribution in [2.45, 2.75) is 32.3 Å². The van der Waals surface area contributed by atoms with E-state index < -0.39 is 5.60 Å². The molecule has 1 aliphatic rings. The van der Waals surface area contributed by atoms with Crippen LogP contribution in [0, 0.1) is 5.92 Å². The topological polar surface area (TPSA) is 52.6 Å². The Labute approximate surface area is 120 Å². The van der Waals surface area contributed by atoms with Gasteiger partial charge in [-0.15, -0.1) is 0 Å². The molecule has 4 nitrogen and oxygen atoms in total. The smallest absolute Gasteiger partial charge is 0.228 e. The van der Waals surface area contributed by atoms with Crippen LogP contribution in [-0.4, -0.2) is 41.1 Å². The van der Waals surface area contributed by atoms with Gasteiger partial charge in [-0.3, -0.25) is 9.69 Å². The summed E-state index contributed by atoms with van der Waals surface area (Å²) in [7, 11) is 0. The summed E-state index contributed by atoms with van der Waals surface area (Å²) in [5, 5.41) is 12.9. The van der Waals surface area contributed by atoms with Crippen molar-refractivity contribution in [3.63, 3.8) is 0 Å². The maximum Gasteiger partial charge on any atom is 0.228 e. The first-order chi connectivity index (χ1) is 9.44. The fourth-order valence-corrected chi connectivity index (χ4v) is 2.73. The van der Waals surface area contributed by atoms with Crippen molar-refractivity contribution in [1.29, 1.82) is 0 Å². The predicted molar refractivity (Wildman–Crippen MR) is 80.5 cm³/mol. The molecule has 2 rings (SSSR count). The number of hydrogen-bond acceptors (Lipinski definition) is 3. The van der Waals surface area contributed by atoms with Crippen LogP contribution in [0.25, 0.3) is 0 Å². The number of carbonyl (C=O) groups excluding carboxylic acids is 1. The molecule has 4 heteroatoms. The van der Waals surface area contributed by atoms with E-state index in [2.05, 4.69) is 10.2 Å². The van der Waals surface area contributed by atoms with Gasteiger partial charge in [0.15, 0.2) is 0 Å². The number of likely N-dealkylation sites (tertiary alicyclic amines) is 1. The predicted octanol–water partition coefficient (Wildman–Crippen LogP) is 2.11. The number of benzene rings is 1. The van der Waals surface area contributed by atoms with Crippen LogP contribution in [0.3, 0.4) is 0 Å². The number of amides is 1. The number of para-hydroxylation sites is 1. The van der Waals surface area contributed by atoms with Crippen LogP contribution < -0.4 is 5.32 Å². The zero-order chi connectivity index (χ0) is 14.6. The van der Waals surface area contributed by atoms with Crippen molar-refractivity contribution in [3.8, 4) is 0 Å². The molecule has 0 radical (unpaired) electrons. The van der Waals surface area contributed by atoms with E-state index >= 15 is 0 Å². The van der Waals surface area contributed by atoms with Crippen molar-refractivity contribution < 1.29 is 9.90 Å². The number of rotatable bonds is 4. The summed E-state index contributed by atoms with van der Waals surface area (Å²) in [6, 6.07) is 9.56. The van der Waals surface area contributed by atoms with E-state index in [1.165, 1.54) is 0 Å². The van der Waals surface area contributed by atoms with Gasteiger partial charge in [0.1, 0.15) is 0 Å². The highest BCUT2D eigenvalue weighted by molar-refractivity contribution is 5.92. The summed E-state index contributed by atoms with van der Waals surface area (Å²) in [5.74, 6) is 0.0861. The van der Waals surface area contributed by atoms with Crippen LogP contribution >= 0.6 is 0 Å². The Balaban J connectivity index is 1.90. The van der Waals surface area contributed by atoms with Crippen molar-refractivity contribution in [1.82, 2.24) is 4.90 Å². The van der Waals surface area contributed by atoms with Gasteiger partial charge in [-0.2, -0.15) is 0 Å². The Bertz CT molecular complexity index is 440. The normalized spacial score (nSPS) is 20.6.